The number of unbranched alkanes of at least 4 members (excludes halogenated alkanes) is 7. The standard InChI is InChI=1S/C29H39N3OS/c1-3-4-5-6-7-8-9-12-17-30-27-21-29(31-26-16-15-23(2)20-25(26)27)32-18-19-34(33)28-14-11-10-13-24(28)22-32/h10-11,13-16,20-21H,3-9,12,17-19,22H2,1-2H3,(H,30,31). The molecule has 3 aromatic rings. The van der Waals surface area contributed by atoms with Crippen molar-refractivity contribution in [1.82, 2.24) is 4.98 Å². The van der Waals surface area contributed by atoms with Crippen LogP contribution in [-0.2, 0) is 17.3 Å². The van der Waals surface area contributed by atoms with Gasteiger partial charge in [-0.2, -0.15) is 0 Å². The smallest absolute Gasteiger partial charge is 0.131 e. The molecular weight excluding hydrogens is 438 g/mol. The van der Waals surface area contributed by atoms with Gasteiger partial charge in [0.25, 0.3) is 0 Å². The molecule has 1 unspecified atom stereocenters. The van der Waals surface area contributed by atoms with Gasteiger partial charge in [0.2, 0.25) is 0 Å². The van der Waals surface area contributed by atoms with Gasteiger partial charge in [-0.1, -0.05) is 81.7 Å². The number of hydrogen-bond acceptors (Lipinski definition) is 4. The van der Waals surface area contributed by atoms with Crippen molar-refractivity contribution in [3.8, 4) is 0 Å². The average molecular weight is 478 g/mol. The van der Waals surface area contributed by atoms with E-state index in [-0.39, 0.29) is 0 Å². The zero-order valence-electron chi connectivity index (χ0n) is 20.8. The third-order valence-corrected chi connectivity index (χ3v) is 8.19. The molecule has 0 fully saturated rings. The lowest BCUT2D eigenvalue weighted by molar-refractivity contribution is 0.581. The second-order valence-corrected chi connectivity index (χ2v) is 11.1. The molecule has 2 heterocycles. The lowest BCUT2D eigenvalue weighted by Gasteiger charge is -2.23. The van der Waals surface area contributed by atoms with Crippen molar-refractivity contribution >= 4 is 33.2 Å². The molecule has 1 atom stereocenters. The van der Waals surface area contributed by atoms with Crippen molar-refractivity contribution in [3.63, 3.8) is 0 Å². The fourth-order valence-electron chi connectivity index (χ4n) is 4.76. The van der Waals surface area contributed by atoms with Gasteiger partial charge in [0.1, 0.15) is 5.82 Å². The van der Waals surface area contributed by atoms with Crippen LogP contribution < -0.4 is 10.2 Å². The van der Waals surface area contributed by atoms with Crippen LogP contribution >= 0.6 is 0 Å². The molecule has 4 rings (SSSR count). The number of nitrogens with one attached hydrogen (secondary N) is 1. The molecule has 182 valence electrons. The summed E-state index contributed by atoms with van der Waals surface area (Å²) in [7, 11) is -0.959. The van der Waals surface area contributed by atoms with E-state index in [1.165, 1.54) is 62.3 Å². The number of fused-ring (bicyclic) bond motifs is 2. The SMILES string of the molecule is CCCCCCCCCCNc1cc(N2CCS(=O)c3ccccc3C2)nc2ccc(C)cc12. The minimum absolute atomic E-state index is 0.631. The molecule has 5 heteroatoms. The Morgan fingerprint density at radius 2 is 1.74 bits per heavy atom. The van der Waals surface area contributed by atoms with Crippen molar-refractivity contribution in [2.75, 3.05) is 29.1 Å². The number of pyridine rings is 1. The summed E-state index contributed by atoms with van der Waals surface area (Å²) in [6.45, 7) is 6.87. The number of anilines is 2. The summed E-state index contributed by atoms with van der Waals surface area (Å²) in [5.41, 5.74) is 4.55. The van der Waals surface area contributed by atoms with Crippen molar-refractivity contribution in [3.05, 3.63) is 59.7 Å². The fourth-order valence-corrected chi connectivity index (χ4v) is 6.02. The third kappa shape index (κ3) is 6.38. The van der Waals surface area contributed by atoms with Crippen LogP contribution in [0.5, 0.6) is 0 Å². The van der Waals surface area contributed by atoms with Crippen LogP contribution in [0.25, 0.3) is 10.9 Å². The van der Waals surface area contributed by atoms with Gasteiger partial charge in [0, 0.05) is 47.4 Å². The molecule has 0 spiro atoms. The molecule has 4 nitrogen and oxygen atoms in total. The summed E-state index contributed by atoms with van der Waals surface area (Å²) >= 11 is 0. The van der Waals surface area contributed by atoms with E-state index < -0.39 is 10.8 Å². The average Bonchev–Trinajstić information content (AvgIpc) is 3.02. The molecule has 0 saturated heterocycles. The van der Waals surface area contributed by atoms with Crippen molar-refractivity contribution in [2.24, 2.45) is 0 Å². The lowest BCUT2D eigenvalue weighted by Crippen LogP contribution is -2.26. The van der Waals surface area contributed by atoms with Crippen LogP contribution in [0.3, 0.4) is 0 Å². The first kappa shape index (κ1) is 24.7. The Kier molecular flexibility index (Phi) is 8.97. The highest BCUT2D eigenvalue weighted by atomic mass is 32.2. The van der Waals surface area contributed by atoms with Crippen LogP contribution in [0, 0.1) is 6.92 Å². The van der Waals surface area contributed by atoms with Gasteiger partial charge in [-0.3, -0.25) is 4.21 Å². The maximum atomic E-state index is 12.8. The Hall–Kier alpha value is -2.40. The number of nitrogens with zero attached hydrogens (tertiary/aromatic N) is 2. The molecule has 0 amide bonds. The maximum Gasteiger partial charge on any atom is 0.131 e. The first-order valence-corrected chi connectivity index (χ1v) is 14.3. The second kappa shape index (κ2) is 12.3. The Balaban J connectivity index is 1.46. The van der Waals surface area contributed by atoms with Gasteiger partial charge in [-0.25, -0.2) is 4.98 Å². The Bertz CT molecular complexity index is 1110. The van der Waals surface area contributed by atoms with Crippen LogP contribution in [0.15, 0.2) is 53.4 Å². The molecule has 0 radical (unpaired) electrons. The number of hydrogen-bond donors (Lipinski definition) is 1. The Labute approximate surface area is 207 Å². The quantitative estimate of drug-likeness (QED) is 0.296. The molecule has 34 heavy (non-hydrogen) atoms. The van der Waals surface area contributed by atoms with E-state index in [0.29, 0.717) is 5.75 Å². The van der Waals surface area contributed by atoms with Crippen LogP contribution in [-0.4, -0.2) is 28.0 Å². The predicted octanol–water partition coefficient (Wildman–Crippen LogP) is 7.22. The van der Waals surface area contributed by atoms with Crippen LogP contribution in [0.1, 0.15) is 69.4 Å². The number of aryl methyl sites for hydroxylation is 1. The van der Waals surface area contributed by atoms with Crippen LogP contribution in [0.2, 0.25) is 0 Å². The van der Waals surface area contributed by atoms with Gasteiger partial charge >= 0.3 is 0 Å². The summed E-state index contributed by atoms with van der Waals surface area (Å²) < 4.78 is 12.8. The summed E-state index contributed by atoms with van der Waals surface area (Å²) in [5, 5.41) is 4.90. The fraction of sp³-hybridized carbons (Fsp3) is 0.483. The number of rotatable bonds is 11. The second-order valence-electron chi connectivity index (χ2n) is 9.53. The molecular formula is C29H39N3OS. The van der Waals surface area contributed by atoms with Gasteiger partial charge in [-0.05, 0) is 37.1 Å². The molecule has 1 N–H and O–H groups in total. The van der Waals surface area contributed by atoms with Crippen molar-refractivity contribution < 1.29 is 4.21 Å². The highest BCUT2D eigenvalue weighted by molar-refractivity contribution is 7.85. The summed E-state index contributed by atoms with van der Waals surface area (Å²) in [5.74, 6) is 1.59. The number of aromatic nitrogens is 1. The van der Waals surface area contributed by atoms with Crippen molar-refractivity contribution in [1.29, 1.82) is 0 Å². The van der Waals surface area contributed by atoms with Gasteiger partial charge in [0.05, 0.1) is 16.3 Å². The van der Waals surface area contributed by atoms with Crippen LogP contribution in [0.4, 0.5) is 11.5 Å². The minimum Gasteiger partial charge on any atom is -0.384 e. The van der Waals surface area contributed by atoms with E-state index in [1.54, 1.807) is 0 Å². The lowest BCUT2D eigenvalue weighted by atomic mass is 10.1. The zero-order valence-corrected chi connectivity index (χ0v) is 21.6. The largest absolute Gasteiger partial charge is 0.384 e. The Morgan fingerprint density at radius 1 is 0.971 bits per heavy atom. The van der Waals surface area contributed by atoms with Gasteiger partial charge < -0.3 is 10.2 Å². The highest BCUT2D eigenvalue weighted by Gasteiger charge is 2.21. The van der Waals surface area contributed by atoms with E-state index in [1.807, 2.05) is 18.2 Å². The third-order valence-electron chi connectivity index (χ3n) is 6.75. The van der Waals surface area contributed by atoms with E-state index in [4.69, 9.17) is 4.98 Å². The summed E-state index contributed by atoms with van der Waals surface area (Å²) in [4.78, 5) is 8.27. The molecule has 0 bridgehead atoms. The Morgan fingerprint density at radius 3 is 2.56 bits per heavy atom. The topological polar surface area (TPSA) is 45.2 Å². The maximum absolute atomic E-state index is 12.8. The summed E-state index contributed by atoms with van der Waals surface area (Å²) in [6.07, 6.45) is 10.6. The summed E-state index contributed by atoms with van der Waals surface area (Å²) in [6, 6.07) is 16.8. The molecule has 2 aromatic carbocycles. The highest BCUT2D eigenvalue weighted by Crippen LogP contribution is 2.30. The molecule has 0 aliphatic carbocycles. The van der Waals surface area contributed by atoms with Crippen molar-refractivity contribution in [2.45, 2.75) is 76.7 Å². The molecule has 1 aromatic heterocycles. The van der Waals surface area contributed by atoms with E-state index >= 15 is 0 Å². The zero-order chi connectivity index (χ0) is 23.8. The monoisotopic (exact) mass is 477 g/mol. The first-order chi connectivity index (χ1) is 16.7. The predicted molar refractivity (Wildman–Crippen MR) is 146 cm³/mol. The van der Waals surface area contributed by atoms with E-state index in [0.717, 1.165) is 47.1 Å². The molecule has 1 aliphatic rings. The first-order valence-electron chi connectivity index (χ1n) is 13.0. The normalized spacial score (nSPS) is 15.8. The molecule has 1 aliphatic heterocycles. The van der Waals surface area contributed by atoms with Gasteiger partial charge in [0.15, 0.2) is 0 Å². The van der Waals surface area contributed by atoms with Gasteiger partial charge in [-0.15, -0.1) is 0 Å². The van der Waals surface area contributed by atoms with E-state index in [2.05, 4.69) is 54.4 Å². The van der Waals surface area contributed by atoms with E-state index in [9.17, 15) is 4.21 Å². The minimum atomic E-state index is -0.959. The molecule has 0 saturated carbocycles. The number of benzene rings is 2.